The smallest absolute Gasteiger partial charge is 0.315 e. The zero-order valence-electron chi connectivity index (χ0n) is 32.9. The van der Waals surface area contributed by atoms with Crippen LogP contribution in [-0.4, -0.2) is 90.1 Å². The molecule has 6 rings (SSSR count). The van der Waals surface area contributed by atoms with Crippen LogP contribution >= 0.6 is 0 Å². The molecule has 1 heterocycles. The lowest BCUT2D eigenvalue weighted by molar-refractivity contribution is -0.144. The summed E-state index contributed by atoms with van der Waals surface area (Å²) in [7, 11) is -3.56. The van der Waals surface area contributed by atoms with Gasteiger partial charge in [0, 0.05) is 13.1 Å². The number of carbonyl (C=O) groups is 5. The highest BCUT2D eigenvalue weighted by molar-refractivity contribution is 7.92. The van der Waals surface area contributed by atoms with Gasteiger partial charge in [-0.1, -0.05) is 63.9 Å². The van der Waals surface area contributed by atoms with Crippen molar-refractivity contribution >= 4 is 39.4 Å². The summed E-state index contributed by atoms with van der Waals surface area (Å²) >= 11 is 0. The highest BCUT2D eigenvalue weighted by Crippen LogP contribution is 2.66. The van der Waals surface area contributed by atoms with Crippen LogP contribution in [-0.2, 0) is 29.0 Å². The van der Waals surface area contributed by atoms with E-state index < -0.39 is 61.9 Å². The fourth-order valence-electron chi connectivity index (χ4n) is 10.4. The standard InChI is InChI=1S/C41H65N5O7S/c1-5-23-42-36(49)34(47)31(24-27-13-12-14-27)43-35(48)33-29-17-20-40(21-22-40)30(29)25-46(33)37(50)32(28-15-8-6-9-16-28)44-38(51)45-41(18-10-7-11-19-41)26-54(52,53)39(2,3)4/h5,27-33H,1,6-26H2,2-4H3,(H,42,49)(H,43,48)(H2,44,45,51)/t29-,30-,31?,32-,33-/m0/s1. The Morgan fingerprint density at radius 2 is 1.52 bits per heavy atom. The number of Topliss-reactive ketones (excluding diaryl/α,β-unsaturated/α-hetero) is 1. The van der Waals surface area contributed by atoms with E-state index in [0.717, 1.165) is 96.3 Å². The zero-order valence-corrected chi connectivity index (χ0v) is 33.7. The molecule has 0 radical (unpaired) electrons. The molecule has 54 heavy (non-hydrogen) atoms. The van der Waals surface area contributed by atoms with Crippen molar-refractivity contribution in [3.8, 4) is 0 Å². The minimum atomic E-state index is -3.56. The van der Waals surface area contributed by atoms with E-state index in [9.17, 15) is 27.6 Å². The highest BCUT2D eigenvalue weighted by Gasteiger charge is 2.64. The molecule has 6 aliphatic rings. The monoisotopic (exact) mass is 771 g/mol. The third kappa shape index (κ3) is 8.70. The maximum Gasteiger partial charge on any atom is 0.315 e. The molecule has 1 saturated heterocycles. The number of hydrogen-bond donors (Lipinski definition) is 4. The fourth-order valence-corrected chi connectivity index (χ4v) is 11.9. The molecule has 0 bridgehead atoms. The molecule has 13 heteroatoms. The number of urea groups is 1. The molecule has 0 aromatic carbocycles. The third-order valence-corrected chi connectivity index (χ3v) is 17.0. The number of rotatable bonds is 14. The number of nitrogens with one attached hydrogen (secondary N) is 4. The molecule has 6 fully saturated rings. The first-order chi connectivity index (χ1) is 25.6. The number of likely N-dealkylation sites (tertiary alicyclic amines) is 1. The summed E-state index contributed by atoms with van der Waals surface area (Å²) in [5.41, 5.74) is -0.805. The van der Waals surface area contributed by atoms with E-state index >= 15 is 4.79 Å². The largest absolute Gasteiger partial charge is 0.346 e. The molecule has 0 aromatic rings. The van der Waals surface area contributed by atoms with Gasteiger partial charge in [0.1, 0.15) is 12.1 Å². The summed E-state index contributed by atoms with van der Waals surface area (Å²) in [6.07, 6.45) is 16.9. The first-order valence-corrected chi connectivity index (χ1v) is 22.6. The molecule has 1 aliphatic heterocycles. The number of carbonyl (C=O) groups excluding carboxylic acids is 5. The van der Waals surface area contributed by atoms with Crippen LogP contribution in [0, 0.1) is 29.1 Å². The van der Waals surface area contributed by atoms with Gasteiger partial charge in [-0.15, -0.1) is 6.58 Å². The van der Waals surface area contributed by atoms with Crippen LogP contribution < -0.4 is 21.3 Å². The van der Waals surface area contributed by atoms with Gasteiger partial charge in [0.25, 0.3) is 5.91 Å². The van der Waals surface area contributed by atoms with Crippen molar-refractivity contribution in [2.45, 2.75) is 165 Å². The van der Waals surface area contributed by atoms with Crippen LogP contribution in [0.1, 0.15) is 136 Å². The summed E-state index contributed by atoms with van der Waals surface area (Å²) in [5.74, 6) is -2.08. The lowest BCUT2D eigenvalue weighted by Gasteiger charge is -2.41. The molecule has 1 spiro atoms. The van der Waals surface area contributed by atoms with Gasteiger partial charge in [0.15, 0.2) is 9.84 Å². The Kier molecular flexibility index (Phi) is 12.3. The molecule has 1 unspecified atom stereocenters. The SMILES string of the molecule is C=CCNC(=O)C(=O)C(CC1CCC1)NC(=O)[C@@H]1[C@H]2CCC3(CC3)[C@H]2CN1C(=O)[C@@H](NC(=O)NC1(CS(=O)(=O)C(C)(C)C)CCCCC1)C1CCCCC1. The summed E-state index contributed by atoms with van der Waals surface area (Å²) in [6, 6.07) is -3.23. The van der Waals surface area contributed by atoms with Gasteiger partial charge < -0.3 is 26.2 Å². The minimum Gasteiger partial charge on any atom is -0.346 e. The summed E-state index contributed by atoms with van der Waals surface area (Å²) in [6.45, 7) is 9.23. The Hall–Kier alpha value is -2.96. The predicted molar refractivity (Wildman–Crippen MR) is 207 cm³/mol. The molecule has 4 N–H and O–H groups in total. The van der Waals surface area contributed by atoms with Crippen molar-refractivity contribution in [1.82, 2.24) is 26.2 Å². The van der Waals surface area contributed by atoms with Gasteiger partial charge in [-0.3, -0.25) is 19.2 Å². The maximum atomic E-state index is 15.0. The summed E-state index contributed by atoms with van der Waals surface area (Å²) in [5, 5.41) is 11.7. The van der Waals surface area contributed by atoms with Crippen LogP contribution in [0.4, 0.5) is 4.79 Å². The lowest BCUT2D eigenvalue weighted by Crippen LogP contribution is -2.63. The Balaban J connectivity index is 1.25. The van der Waals surface area contributed by atoms with Crippen molar-refractivity contribution in [2.24, 2.45) is 29.1 Å². The van der Waals surface area contributed by atoms with Gasteiger partial charge in [-0.25, -0.2) is 13.2 Å². The molecule has 5 aliphatic carbocycles. The molecule has 5 saturated carbocycles. The predicted octanol–water partition coefficient (Wildman–Crippen LogP) is 4.71. The van der Waals surface area contributed by atoms with Gasteiger partial charge in [-0.05, 0) is 108 Å². The maximum absolute atomic E-state index is 15.0. The van der Waals surface area contributed by atoms with Crippen molar-refractivity contribution < 1.29 is 32.4 Å². The average molecular weight is 772 g/mol. The second-order valence-corrected chi connectivity index (χ2v) is 21.5. The van der Waals surface area contributed by atoms with Gasteiger partial charge in [-0.2, -0.15) is 0 Å². The normalized spacial score (nSPS) is 27.5. The molecule has 5 amide bonds. The van der Waals surface area contributed by atoms with E-state index in [4.69, 9.17) is 0 Å². The number of amides is 5. The van der Waals surface area contributed by atoms with E-state index in [-0.39, 0.29) is 47.3 Å². The number of ketones is 1. The minimum absolute atomic E-state index is 0.0700. The first kappa shape index (κ1) is 40.7. The van der Waals surface area contributed by atoms with Crippen molar-refractivity contribution in [1.29, 1.82) is 0 Å². The molecule has 12 nitrogen and oxygen atoms in total. The molecular formula is C41H65N5O7S. The third-order valence-electron chi connectivity index (χ3n) is 14.2. The number of nitrogens with zero attached hydrogens (tertiary/aromatic N) is 1. The van der Waals surface area contributed by atoms with Crippen LogP contribution in [0.5, 0.6) is 0 Å². The van der Waals surface area contributed by atoms with Crippen LogP contribution in [0.3, 0.4) is 0 Å². The highest BCUT2D eigenvalue weighted by atomic mass is 32.2. The zero-order chi connectivity index (χ0) is 38.9. The average Bonchev–Trinajstić information content (AvgIpc) is 3.68. The second kappa shape index (κ2) is 16.3. The Labute approximate surface area is 322 Å². The van der Waals surface area contributed by atoms with Gasteiger partial charge in [0.2, 0.25) is 17.6 Å². The van der Waals surface area contributed by atoms with Gasteiger partial charge in [0.05, 0.1) is 22.1 Å². The van der Waals surface area contributed by atoms with E-state index in [1.54, 1.807) is 25.7 Å². The van der Waals surface area contributed by atoms with E-state index in [2.05, 4.69) is 27.8 Å². The second-order valence-electron chi connectivity index (χ2n) is 18.8. The van der Waals surface area contributed by atoms with E-state index in [1.165, 1.54) is 6.08 Å². The van der Waals surface area contributed by atoms with Crippen molar-refractivity contribution in [3.05, 3.63) is 12.7 Å². The number of sulfone groups is 1. The Bertz CT molecular complexity index is 1550. The van der Waals surface area contributed by atoms with Gasteiger partial charge >= 0.3 is 6.03 Å². The summed E-state index contributed by atoms with van der Waals surface area (Å²) in [4.78, 5) is 71.7. The fraction of sp³-hybridized carbons (Fsp3) is 0.829. The summed E-state index contributed by atoms with van der Waals surface area (Å²) < 4.78 is 26.0. The van der Waals surface area contributed by atoms with Crippen LogP contribution in [0.15, 0.2) is 12.7 Å². The lowest BCUT2D eigenvalue weighted by atomic mass is 9.80. The first-order valence-electron chi connectivity index (χ1n) is 20.9. The Morgan fingerprint density at radius 1 is 0.852 bits per heavy atom. The Morgan fingerprint density at radius 3 is 2.11 bits per heavy atom. The quantitative estimate of drug-likeness (QED) is 0.146. The number of fused-ring (bicyclic) bond motifs is 2. The van der Waals surface area contributed by atoms with Crippen molar-refractivity contribution in [3.63, 3.8) is 0 Å². The van der Waals surface area contributed by atoms with Crippen LogP contribution in [0.2, 0.25) is 0 Å². The molecule has 0 aromatic heterocycles. The number of hydrogen-bond acceptors (Lipinski definition) is 7. The van der Waals surface area contributed by atoms with E-state index in [0.29, 0.717) is 25.8 Å². The molecule has 5 atom stereocenters. The topological polar surface area (TPSA) is 171 Å². The molecule has 302 valence electrons. The van der Waals surface area contributed by atoms with Crippen molar-refractivity contribution in [2.75, 3.05) is 18.8 Å². The van der Waals surface area contributed by atoms with E-state index in [1.807, 2.05) is 0 Å². The van der Waals surface area contributed by atoms with Crippen LogP contribution in [0.25, 0.3) is 0 Å². The molecular weight excluding hydrogens is 707 g/mol.